The van der Waals surface area contributed by atoms with E-state index in [2.05, 4.69) is 0 Å². The second kappa shape index (κ2) is 5.90. The zero-order chi connectivity index (χ0) is 14.6. The number of nitro groups is 1. The number of Topliss-reactive ketones (excluding diaryl/α,β-unsaturated/α-hetero) is 2. The molecule has 0 aromatic heterocycles. The van der Waals surface area contributed by atoms with Gasteiger partial charge in [-0.3, -0.25) is 19.7 Å². The maximum atomic E-state index is 12.1. The first-order chi connectivity index (χ1) is 8.82. The number of non-ortho nitro benzene ring substituents is 1. The molecule has 0 heterocycles. The van der Waals surface area contributed by atoms with Crippen LogP contribution in [0.1, 0.15) is 17.3 Å². The van der Waals surface area contributed by atoms with Crippen LogP contribution in [0.15, 0.2) is 36.0 Å². The number of rotatable bonds is 5. The Morgan fingerprint density at radius 3 is 2.11 bits per heavy atom. The fourth-order valence-corrected chi connectivity index (χ4v) is 1.46. The Labute approximate surface area is 110 Å². The second-order valence-corrected chi connectivity index (χ2v) is 4.20. The normalized spacial score (nSPS) is 11.0. The van der Waals surface area contributed by atoms with Crippen LogP contribution < -0.4 is 0 Å². The highest BCUT2D eigenvalue weighted by Crippen LogP contribution is 2.15. The zero-order valence-corrected chi connectivity index (χ0v) is 10.9. The molecular formula is C13H14N2O4. The first-order valence-corrected chi connectivity index (χ1v) is 5.51. The number of nitrogens with zero attached hydrogens (tertiary/aromatic N) is 2. The van der Waals surface area contributed by atoms with Gasteiger partial charge in [0.15, 0.2) is 11.6 Å². The Kier molecular flexibility index (Phi) is 4.52. The van der Waals surface area contributed by atoms with Crippen LogP contribution >= 0.6 is 0 Å². The molecular weight excluding hydrogens is 248 g/mol. The van der Waals surface area contributed by atoms with E-state index in [1.165, 1.54) is 37.4 Å². The maximum absolute atomic E-state index is 12.1. The van der Waals surface area contributed by atoms with Crippen molar-refractivity contribution in [1.29, 1.82) is 0 Å². The van der Waals surface area contributed by atoms with E-state index in [0.717, 1.165) is 0 Å². The summed E-state index contributed by atoms with van der Waals surface area (Å²) in [4.78, 5) is 35.1. The molecule has 0 fully saturated rings. The van der Waals surface area contributed by atoms with Crippen molar-refractivity contribution in [1.82, 2.24) is 4.90 Å². The lowest BCUT2D eigenvalue weighted by molar-refractivity contribution is -0.384. The zero-order valence-electron chi connectivity index (χ0n) is 10.9. The van der Waals surface area contributed by atoms with Gasteiger partial charge in [0.25, 0.3) is 5.69 Å². The minimum Gasteiger partial charge on any atom is -0.383 e. The van der Waals surface area contributed by atoms with Crippen molar-refractivity contribution < 1.29 is 14.5 Å². The lowest BCUT2D eigenvalue weighted by Gasteiger charge is -2.08. The Hall–Kier alpha value is -2.50. The molecule has 0 N–H and O–H groups in total. The fraction of sp³-hybridized carbons (Fsp3) is 0.231. The number of ketones is 2. The van der Waals surface area contributed by atoms with Gasteiger partial charge >= 0.3 is 0 Å². The first kappa shape index (κ1) is 14.6. The Morgan fingerprint density at radius 2 is 1.74 bits per heavy atom. The van der Waals surface area contributed by atoms with Crippen LogP contribution in [0.25, 0.3) is 0 Å². The van der Waals surface area contributed by atoms with E-state index in [0.29, 0.717) is 0 Å². The van der Waals surface area contributed by atoms with Gasteiger partial charge in [0.05, 0.1) is 10.5 Å². The van der Waals surface area contributed by atoms with E-state index in [-0.39, 0.29) is 22.6 Å². The van der Waals surface area contributed by atoms with E-state index in [1.54, 1.807) is 19.0 Å². The molecule has 0 bridgehead atoms. The van der Waals surface area contributed by atoms with Gasteiger partial charge in [0.1, 0.15) is 0 Å². The molecule has 1 rings (SSSR count). The molecule has 0 amide bonds. The third-order valence-electron chi connectivity index (χ3n) is 2.35. The third-order valence-corrected chi connectivity index (χ3v) is 2.35. The van der Waals surface area contributed by atoms with Crippen molar-refractivity contribution in [2.75, 3.05) is 14.1 Å². The van der Waals surface area contributed by atoms with E-state index < -0.39 is 10.7 Å². The van der Waals surface area contributed by atoms with E-state index in [4.69, 9.17) is 0 Å². The van der Waals surface area contributed by atoms with Crippen molar-refractivity contribution in [3.05, 3.63) is 51.7 Å². The second-order valence-electron chi connectivity index (χ2n) is 4.20. The lowest BCUT2D eigenvalue weighted by atomic mass is 10.0. The number of nitro benzene ring substituents is 1. The smallest absolute Gasteiger partial charge is 0.269 e. The molecule has 6 heteroatoms. The van der Waals surface area contributed by atoms with Crippen LogP contribution in [0, 0.1) is 10.1 Å². The van der Waals surface area contributed by atoms with Crippen LogP contribution in [-0.4, -0.2) is 35.5 Å². The van der Waals surface area contributed by atoms with Gasteiger partial charge in [-0.2, -0.15) is 0 Å². The van der Waals surface area contributed by atoms with Gasteiger partial charge in [-0.25, -0.2) is 0 Å². The van der Waals surface area contributed by atoms with Gasteiger partial charge in [-0.05, 0) is 19.1 Å². The number of carbonyl (C=O) groups excluding carboxylic acids is 2. The Morgan fingerprint density at radius 1 is 1.21 bits per heavy atom. The Bertz CT molecular complexity index is 544. The van der Waals surface area contributed by atoms with Crippen LogP contribution in [0.3, 0.4) is 0 Å². The summed E-state index contributed by atoms with van der Waals surface area (Å²) in [6.07, 6.45) is 1.44. The van der Waals surface area contributed by atoms with E-state index in [9.17, 15) is 19.7 Å². The van der Waals surface area contributed by atoms with Gasteiger partial charge in [0.2, 0.25) is 0 Å². The Balaban J connectivity index is 3.11. The molecule has 0 aliphatic carbocycles. The first-order valence-electron chi connectivity index (χ1n) is 5.51. The highest BCUT2D eigenvalue weighted by Gasteiger charge is 2.17. The molecule has 0 aliphatic rings. The van der Waals surface area contributed by atoms with Crippen LogP contribution in [0.5, 0.6) is 0 Å². The molecule has 6 nitrogen and oxygen atoms in total. The topological polar surface area (TPSA) is 80.5 Å². The minimum absolute atomic E-state index is 0.0406. The third kappa shape index (κ3) is 3.74. The monoisotopic (exact) mass is 262 g/mol. The fourth-order valence-electron chi connectivity index (χ4n) is 1.46. The quantitative estimate of drug-likeness (QED) is 0.202. The summed E-state index contributed by atoms with van der Waals surface area (Å²) in [7, 11) is 3.40. The SMILES string of the molecule is CC(=O)C(=CN(C)C)C(=O)c1ccc([N+](=O)[O-])cc1. The van der Waals surface area contributed by atoms with Crippen molar-refractivity contribution in [3.8, 4) is 0 Å². The summed E-state index contributed by atoms with van der Waals surface area (Å²) in [5.74, 6) is -0.798. The summed E-state index contributed by atoms with van der Waals surface area (Å²) < 4.78 is 0. The molecule has 1 aromatic rings. The van der Waals surface area contributed by atoms with Crippen LogP contribution in [-0.2, 0) is 4.79 Å². The molecule has 0 unspecified atom stereocenters. The van der Waals surface area contributed by atoms with Crippen molar-refractivity contribution in [2.24, 2.45) is 0 Å². The summed E-state index contributed by atoms with van der Waals surface area (Å²) >= 11 is 0. The molecule has 100 valence electrons. The number of hydrogen-bond acceptors (Lipinski definition) is 5. The molecule has 0 aliphatic heterocycles. The van der Waals surface area contributed by atoms with Gasteiger partial charge in [-0.15, -0.1) is 0 Å². The number of benzene rings is 1. The van der Waals surface area contributed by atoms with Gasteiger partial charge < -0.3 is 4.90 Å². The average molecular weight is 262 g/mol. The molecule has 1 aromatic carbocycles. The average Bonchev–Trinajstić information content (AvgIpc) is 2.34. The summed E-state index contributed by atoms with van der Waals surface area (Å²) in [5, 5.41) is 10.5. The summed E-state index contributed by atoms with van der Waals surface area (Å²) in [6, 6.07) is 5.15. The highest BCUT2D eigenvalue weighted by atomic mass is 16.6. The summed E-state index contributed by atoms with van der Waals surface area (Å²) in [6.45, 7) is 1.30. The predicted molar refractivity (Wildman–Crippen MR) is 69.9 cm³/mol. The van der Waals surface area contributed by atoms with E-state index in [1.807, 2.05) is 0 Å². The standard InChI is InChI=1S/C13H14N2O4/c1-9(16)12(8-14(2)3)13(17)10-4-6-11(7-5-10)15(18)19/h4-8H,1-3H3. The van der Waals surface area contributed by atoms with Crippen molar-refractivity contribution in [3.63, 3.8) is 0 Å². The molecule has 0 spiro atoms. The van der Waals surface area contributed by atoms with Gasteiger partial charge in [-0.1, -0.05) is 0 Å². The molecule has 0 saturated carbocycles. The van der Waals surface area contributed by atoms with Crippen LogP contribution in [0.2, 0.25) is 0 Å². The summed E-state index contributed by atoms with van der Waals surface area (Å²) in [5.41, 5.74) is 0.185. The molecule has 0 atom stereocenters. The van der Waals surface area contributed by atoms with Crippen molar-refractivity contribution >= 4 is 17.3 Å². The van der Waals surface area contributed by atoms with Crippen molar-refractivity contribution in [2.45, 2.75) is 6.92 Å². The highest BCUT2D eigenvalue weighted by molar-refractivity contribution is 6.25. The number of hydrogen-bond donors (Lipinski definition) is 0. The largest absolute Gasteiger partial charge is 0.383 e. The predicted octanol–water partition coefficient (Wildman–Crippen LogP) is 1.81. The number of carbonyl (C=O) groups is 2. The lowest BCUT2D eigenvalue weighted by Crippen LogP contribution is -2.15. The van der Waals surface area contributed by atoms with E-state index >= 15 is 0 Å². The minimum atomic E-state index is -0.546. The molecule has 19 heavy (non-hydrogen) atoms. The van der Waals surface area contributed by atoms with Gasteiger partial charge in [0, 0.05) is 38.0 Å². The number of allylic oxidation sites excluding steroid dienone is 1. The molecule has 0 saturated heterocycles. The van der Waals surface area contributed by atoms with Crippen LogP contribution in [0.4, 0.5) is 5.69 Å². The maximum Gasteiger partial charge on any atom is 0.269 e. The molecule has 0 radical (unpaired) electrons.